The zero-order chi connectivity index (χ0) is 16.4. The molecule has 2 aromatic rings. The smallest absolute Gasteiger partial charge is 0.152 e. The predicted octanol–water partition coefficient (Wildman–Crippen LogP) is 4.53. The summed E-state index contributed by atoms with van der Waals surface area (Å²) >= 11 is 0. The maximum Gasteiger partial charge on any atom is 0.152 e. The number of methoxy groups -OCH3 is 1. The lowest BCUT2D eigenvalue weighted by Gasteiger charge is -2.16. The van der Waals surface area contributed by atoms with Gasteiger partial charge in [-0.05, 0) is 48.4 Å². The molecule has 0 amide bonds. The van der Waals surface area contributed by atoms with E-state index in [1.807, 2.05) is 42.5 Å². The number of benzene rings is 2. The molecule has 1 heterocycles. The van der Waals surface area contributed by atoms with Crippen LogP contribution in [0.4, 0.5) is 0 Å². The minimum absolute atomic E-state index is 0.00272. The van der Waals surface area contributed by atoms with E-state index < -0.39 is 0 Å². The molecule has 2 atom stereocenters. The van der Waals surface area contributed by atoms with E-state index in [2.05, 4.69) is 13.0 Å². The molecule has 0 saturated carbocycles. The van der Waals surface area contributed by atoms with Gasteiger partial charge in [0.2, 0.25) is 0 Å². The number of ketones is 1. The van der Waals surface area contributed by atoms with Gasteiger partial charge in [0, 0.05) is 11.5 Å². The molecule has 0 aromatic heterocycles. The average molecular weight is 308 g/mol. The third-order valence-corrected chi connectivity index (χ3v) is 4.19. The summed E-state index contributed by atoms with van der Waals surface area (Å²) in [6.45, 7) is 3.72. The number of hydrogen-bond donors (Lipinski definition) is 0. The molecule has 1 aliphatic rings. The number of fused-ring (bicyclic) bond motifs is 1. The van der Waals surface area contributed by atoms with Gasteiger partial charge in [0.05, 0.1) is 7.11 Å². The van der Waals surface area contributed by atoms with Crippen LogP contribution in [-0.4, -0.2) is 12.9 Å². The first-order valence-corrected chi connectivity index (χ1v) is 7.71. The monoisotopic (exact) mass is 308 g/mol. The van der Waals surface area contributed by atoms with Crippen molar-refractivity contribution in [3.63, 3.8) is 0 Å². The highest BCUT2D eigenvalue weighted by molar-refractivity contribution is 5.91. The minimum Gasteiger partial charge on any atom is -0.497 e. The van der Waals surface area contributed by atoms with Crippen molar-refractivity contribution in [3.8, 4) is 11.5 Å². The number of rotatable bonds is 4. The van der Waals surface area contributed by atoms with Crippen molar-refractivity contribution in [1.29, 1.82) is 0 Å². The van der Waals surface area contributed by atoms with Gasteiger partial charge >= 0.3 is 0 Å². The topological polar surface area (TPSA) is 35.5 Å². The summed E-state index contributed by atoms with van der Waals surface area (Å²) in [6, 6.07) is 14.1. The first-order valence-electron chi connectivity index (χ1n) is 7.71. The molecule has 0 radical (unpaired) electrons. The molecule has 118 valence electrons. The van der Waals surface area contributed by atoms with Gasteiger partial charge in [-0.1, -0.05) is 31.2 Å². The Labute approximate surface area is 136 Å². The van der Waals surface area contributed by atoms with Crippen LogP contribution in [-0.2, 0) is 4.79 Å². The fraction of sp³-hybridized carbons (Fsp3) is 0.250. The largest absolute Gasteiger partial charge is 0.497 e. The Hall–Kier alpha value is -2.55. The molecule has 3 rings (SSSR count). The molecule has 0 spiro atoms. The lowest BCUT2D eigenvalue weighted by atomic mass is 9.92. The zero-order valence-corrected chi connectivity index (χ0v) is 13.6. The molecule has 23 heavy (non-hydrogen) atoms. The van der Waals surface area contributed by atoms with Crippen molar-refractivity contribution in [1.82, 2.24) is 0 Å². The molecular formula is C20H20O3. The minimum atomic E-state index is 0.00272. The van der Waals surface area contributed by atoms with Crippen molar-refractivity contribution in [2.45, 2.75) is 25.9 Å². The van der Waals surface area contributed by atoms with Crippen molar-refractivity contribution in [3.05, 3.63) is 65.2 Å². The molecule has 3 heteroatoms. The second-order valence-corrected chi connectivity index (χ2v) is 5.84. The van der Waals surface area contributed by atoms with Crippen molar-refractivity contribution >= 4 is 11.9 Å². The molecule has 0 N–H and O–H groups in total. The normalized spacial score (nSPS) is 19.4. The van der Waals surface area contributed by atoms with Crippen LogP contribution in [0.3, 0.4) is 0 Å². The van der Waals surface area contributed by atoms with Crippen molar-refractivity contribution < 1.29 is 14.3 Å². The molecule has 0 bridgehead atoms. The highest BCUT2D eigenvalue weighted by Gasteiger charge is 2.32. The Bertz CT molecular complexity index is 744. The van der Waals surface area contributed by atoms with Gasteiger partial charge in [-0.25, -0.2) is 0 Å². The third kappa shape index (κ3) is 3.14. The summed E-state index contributed by atoms with van der Waals surface area (Å²) < 4.78 is 11.3. The quantitative estimate of drug-likeness (QED) is 0.778. The molecule has 1 aliphatic heterocycles. The van der Waals surface area contributed by atoms with Gasteiger partial charge in [-0.2, -0.15) is 0 Å². The van der Waals surface area contributed by atoms with Crippen molar-refractivity contribution in [2.75, 3.05) is 7.11 Å². The Kier molecular flexibility index (Phi) is 4.20. The summed E-state index contributed by atoms with van der Waals surface area (Å²) in [5.74, 6) is 2.06. The van der Waals surface area contributed by atoms with Crippen LogP contribution < -0.4 is 9.47 Å². The van der Waals surface area contributed by atoms with Gasteiger partial charge < -0.3 is 9.47 Å². The summed E-state index contributed by atoms with van der Waals surface area (Å²) in [7, 11) is 1.66. The second-order valence-electron chi connectivity index (χ2n) is 5.84. The van der Waals surface area contributed by atoms with Crippen LogP contribution in [0.1, 0.15) is 42.6 Å². The van der Waals surface area contributed by atoms with E-state index in [9.17, 15) is 4.79 Å². The zero-order valence-electron chi connectivity index (χ0n) is 13.6. The Morgan fingerprint density at radius 2 is 1.91 bits per heavy atom. The van der Waals surface area contributed by atoms with Crippen LogP contribution in [0.2, 0.25) is 0 Å². The fourth-order valence-electron chi connectivity index (χ4n) is 2.90. The van der Waals surface area contributed by atoms with Crippen LogP contribution >= 0.6 is 0 Å². The molecule has 0 unspecified atom stereocenters. The Balaban J connectivity index is 1.86. The van der Waals surface area contributed by atoms with Gasteiger partial charge in [0.15, 0.2) is 5.78 Å². The van der Waals surface area contributed by atoms with Gasteiger partial charge in [0.25, 0.3) is 0 Å². The summed E-state index contributed by atoms with van der Waals surface area (Å²) in [5.41, 5.74) is 3.33. The van der Waals surface area contributed by atoms with E-state index in [1.54, 1.807) is 20.1 Å². The summed E-state index contributed by atoms with van der Waals surface area (Å²) in [5, 5.41) is 0. The number of ether oxygens (including phenoxy) is 2. The first kappa shape index (κ1) is 15.3. The van der Waals surface area contributed by atoms with E-state index in [-0.39, 0.29) is 17.8 Å². The lowest BCUT2D eigenvalue weighted by Crippen LogP contribution is -2.07. The average Bonchev–Trinajstić information content (AvgIpc) is 2.89. The number of hydrogen-bond acceptors (Lipinski definition) is 3. The van der Waals surface area contributed by atoms with Crippen molar-refractivity contribution in [2.24, 2.45) is 0 Å². The Morgan fingerprint density at radius 3 is 2.57 bits per heavy atom. The second kappa shape index (κ2) is 6.29. The number of carbonyl (C=O) groups excluding carboxylic acids is 1. The van der Waals surface area contributed by atoms with Crippen LogP contribution in [0.25, 0.3) is 6.08 Å². The molecule has 3 nitrogen and oxygen atoms in total. The molecule has 0 saturated heterocycles. The first-order chi connectivity index (χ1) is 11.1. The number of carbonyl (C=O) groups is 1. The molecule has 0 aliphatic carbocycles. The van der Waals surface area contributed by atoms with Crippen LogP contribution in [0.15, 0.2) is 48.5 Å². The maximum absolute atomic E-state index is 11.1. The third-order valence-electron chi connectivity index (χ3n) is 4.19. The fourth-order valence-corrected chi connectivity index (χ4v) is 2.90. The standard InChI is InChI=1S/C20H20O3/c1-13(21)4-5-15-6-11-19-18(12-15)14(2)20(23-19)16-7-9-17(22-3)10-8-16/h4-12,14,20H,1-3H3/b5-4+/t14-,20-/m0/s1. The van der Waals surface area contributed by atoms with E-state index in [0.717, 1.165) is 22.6 Å². The SMILES string of the molecule is COc1ccc([C@H]2Oc3ccc(/C=C/C(C)=O)cc3[C@@H]2C)cc1. The van der Waals surface area contributed by atoms with Crippen LogP contribution in [0, 0.1) is 0 Å². The van der Waals surface area contributed by atoms with Crippen LogP contribution in [0.5, 0.6) is 11.5 Å². The van der Waals surface area contributed by atoms with E-state index in [4.69, 9.17) is 9.47 Å². The summed E-state index contributed by atoms with van der Waals surface area (Å²) in [6.07, 6.45) is 3.43. The highest BCUT2D eigenvalue weighted by Crippen LogP contribution is 2.46. The molecule has 2 aromatic carbocycles. The maximum atomic E-state index is 11.1. The molecule has 0 fully saturated rings. The van der Waals surface area contributed by atoms with E-state index >= 15 is 0 Å². The molecular weight excluding hydrogens is 288 g/mol. The Morgan fingerprint density at radius 1 is 1.17 bits per heavy atom. The van der Waals surface area contributed by atoms with Gasteiger partial charge in [-0.15, -0.1) is 0 Å². The predicted molar refractivity (Wildman–Crippen MR) is 90.9 cm³/mol. The lowest BCUT2D eigenvalue weighted by molar-refractivity contribution is -0.112. The van der Waals surface area contributed by atoms with E-state index in [1.165, 1.54) is 5.56 Å². The van der Waals surface area contributed by atoms with Gasteiger partial charge in [-0.3, -0.25) is 4.79 Å². The number of allylic oxidation sites excluding steroid dienone is 1. The highest BCUT2D eigenvalue weighted by atomic mass is 16.5. The summed E-state index contributed by atoms with van der Waals surface area (Å²) in [4.78, 5) is 11.1. The van der Waals surface area contributed by atoms with Gasteiger partial charge in [0.1, 0.15) is 17.6 Å². The van der Waals surface area contributed by atoms with E-state index in [0.29, 0.717) is 0 Å².